The number of benzene rings is 1. The van der Waals surface area contributed by atoms with E-state index in [1.807, 2.05) is 39.0 Å². The Morgan fingerprint density at radius 3 is 1.09 bits per heavy atom. The molecule has 30 nitrogen and oxygen atoms in total. The van der Waals surface area contributed by atoms with Crippen molar-refractivity contribution in [2.45, 2.75) is 204 Å². The highest BCUT2D eigenvalue weighted by molar-refractivity contribution is 9.10. The van der Waals surface area contributed by atoms with E-state index in [-0.39, 0.29) is 34.4 Å². The van der Waals surface area contributed by atoms with Gasteiger partial charge < -0.3 is 20.4 Å². The Labute approximate surface area is 646 Å². The van der Waals surface area contributed by atoms with E-state index in [2.05, 4.69) is 111 Å². The molecule has 104 heavy (non-hydrogen) atoms. The van der Waals surface area contributed by atoms with Crippen LogP contribution in [0.2, 0.25) is 0 Å². The zero-order chi connectivity index (χ0) is 97.2. The van der Waals surface area contributed by atoms with Crippen LogP contribution in [0.4, 0.5) is 0 Å². The summed E-state index contributed by atoms with van der Waals surface area (Å²) in [5.74, 6) is 1.31. The van der Waals surface area contributed by atoms with Gasteiger partial charge in [0.15, 0.2) is 5.78 Å². The number of fused-ring (bicyclic) bond motifs is 6. The molecule has 0 aliphatic rings. The maximum Gasteiger partial charge on any atom is 0.251 e. The van der Waals surface area contributed by atoms with Gasteiger partial charge in [0.25, 0.3) is 34.7 Å². The molecule has 31 heteroatoms. The summed E-state index contributed by atoms with van der Waals surface area (Å²) in [5, 5.41) is 63.2. The van der Waals surface area contributed by atoms with Gasteiger partial charge in [-0.15, -0.1) is 0 Å². The van der Waals surface area contributed by atoms with Gasteiger partial charge in [0.2, 0.25) is 0 Å². The van der Waals surface area contributed by atoms with Crippen LogP contribution in [0.1, 0.15) is 225 Å². The van der Waals surface area contributed by atoms with Gasteiger partial charge in [-0.2, -0.15) is 30.6 Å². The summed E-state index contributed by atoms with van der Waals surface area (Å²) in [6, 6.07) is 7.37. The Kier molecular flexibility index (Phi) is 16.5. The van der Waals surface area contributed by atoms with Gasteiger partial charge in [0.05, 0.1) is 131 Å². The van der Waals surface area contributed by atoms with Crippen molar-refractivity contribution in [1.29, 1.82) is 0 Å². The Bertz CT molecular complexity index is 5690. The zero-order valence-electron chi connectivity index (χ0n) is 83.8. The third kappa shape index (κ3) is 21.9. The quantitative estimate of drug-likeness (QED) is 0.124. The number of rotatable bonds is 5. The minimum Gasteiger partial charge on any atom is -0.384 e. The van der Waals surface area contributed by atoms with Crippen molar-refractivity contribution in [2.75, 3.05) is 0 Å². The lowest BCUT2D eigenvalue weighted by Crippen LogP contribution is -2.27. The van der Waals surface area contributed by atoms with Crippen molar-refractivity contribution in [1.82, 2.24) is 122 Å². The number of Topliss-reactive ketones (excluding diaryl/α,β-unsaturated/α-hetero) is 1. The van der Waals surface area contributed by atoms with E-state index in [1.54, 1.807) is 120 Å². The maximum absolute atomic E-state index is 10.5. The topological polar surface area (TPSA) is 369 Å². The lowest BCUT2D eigenvalue weighted by molar-refractivity contribution is -0.131. The number of carbonyl (C=O) groups is 1. The number of nitrogens with zero attached hydrogens (tertiary/aromatic N) is 25. The molecule has 0 aliphatic heterocycles. The van der Waals surface area contributed by atoms with E-state index >= 15 is 0 Å². The highest BCUT2D eigenvalue weighted by Crippen LogP contribution is 2.29. The average Bonchev–Trinajstić information content (AvgIpc) is 0.861. The standard InChI is InChI=1S/C13H12BrN.2C10H14N4.2C9H12N4O.C9H12N4.C8H10N4O.C5H10O2/c1-9-3-4-11(14)7-12(9)13-8-15-6-5-10(13)2;2*1-7-5-11-9-13-8(10(2,3)4)6-12-14(7)9;2*1-6-4-10-8-12-7(9(2,3)14)5-11-13(6)8;1-9(2,3)7-6-11-13-5-4-10-8(13)12-7;1-8(2,13)6-5-10-12-4-3-9-7(12)11-6;1-4(6)5(2,3)7/h3-8H,1-2H3;2*5-6H,1-4H3;2*4-5,14H,1-3H3;4-6H,1-3H3;3-5,13H,1-2H3;7H,1-3H3/i5*2D3;2*1D3;2D3. The highest BCUT2D eigenvalue weighted by atomic mass is 79.9. The van der Waals surface area contributed by atoms with Crippen LogP contribution in [0.25, 0.3) is 45.8 Å². The molecule has 0 fully saturated rings. The Morgan fingerprint density at radius 2 is 0.740 bits per heavy atom. The molecule has 4 N–H and O–H groups in total. The predicted octanol–water partition coefficient (Wildman–Crippen LogP) is 11.0. The smallest absolute Gasteiger partial charge is 0.251 e. The predicted molar refractivity (Wildman–Crippen MR) is 399 cm³/mol. The zero-order valence-corrected chi connectivity index (χ0v) is 61.4. The highest BCUT2D eigenvalue weighted by Gasteiger charge is 2.24. The molecule has 14 rings (SSSR count). The summed E-state index contributed by atoms with van der Waals surface area (Å²) in [7, 11) is 0. The minimum atomic E-state index is -2.63. The molecule has 4 atom stereocenters. The first-order valence-corrected chi connectivity index (χ1v) is 32.1. The van der Waals surface area contributed by atoms with Gasteiger partial charge in [-0.3, -0.25) is 9.78 Å². The van der Waals surface area contributed by atoms with Crippen molar-refractivity contribution in [3.05, 3.63) is 196 Å². The summed E-state index contributed by atoms with van der Waals surface area (Å²) in [5.41, 5.74) is -4.00. The molecule has 0 radical (unpaired) electrons. The second kappa shape index (κ2) is 32.5. The minimum absolute atomic E-state index is 0.0180. The third-order valence-corrected chi connectivity index (χ3v) is 14.8. The van der Waals surface area contributed by atoms with Crippen LogP contribution < -0.4 is 0 Å². The van der Waals surface area contributed by atoms with E-state index < -0.39 is 99.2 Å². The monoisotopic (exact) mass is 1510 g/mol. The number of aryl methyl sites for hydroxylation is 6. The largest absolute Gasteiger partial charge is 0.384 e. The van der Waals surface area contributed by atoms with Gasteiger partial charge in [0, 0.05) is 84.0 Å². The van der Waals surface area contributed by atoms with Crippen molar-refractivity contribution in [3.8, 4) is 11.1 Å². The molecular weight excluding hydrogens is 1390 g/mol. The summed E-state index contributed by atoms with van der Waals surface area (Å²) >= 11 is 3.41. The summed E-state index contributed by atoms with van der Waals surface area (Å²) in [6.45, 7) is 5.87. The van der Waals surface area contributed by atoms with Crippen LogP contribution in [0.15, 0.2) is 128 Å². The van der Waals surface area contributed by atoms with Crippen LogP contribution in [-0.2, 0) is 37.8 Å². The fraction of sp³-hybridized carbons (Fsp3) is 0.425. The molecule has 13 heterocycles. The second-order valence-corrected chi connectivity index (χ2v) is 26.7. The number of carbonyl (C=O) groups excluding carboxylic acids is 1. The van der Waals surface area contributed by atoms with Crippen LogP contribution >= 0.6 is 15.9 Å². The van der Waals surface area contributed by atoms with E-state index in [0.29, 0.717) is 45.5 Å². The van der Waals surface area contributed by atoms with Gasteiger partial charge >= 0.3 is 0 Å². The molecule has 0 amide bonds. The van der Waals surface area contributed by atoms with Gasteiger partial charge in [-0.1, -0.05) is 84.1 Å². The molecule has 0 saturated heterocycles. The van der Waals surface area contributed by atoms with Gasteiger partial charge in [0.1, 0.15) is 22.4 Å². The first-order valence-electron chi connectivity index (χ1n) is 43.3. The van der Waals surface area contributed by atoms with Crippen LogP contribution in [0, 0.1) is 41.5 Å². The number of imidazole rings is 6. The van der Waals surface area contributed by atoms with E-state index in [0.717, 1.165) is 52.2 Å². The summed E-state index contributed by atoms with van der Waals surface area (Å²) in [6.07, 6.45) is 24.0. The number of hydrogen-bond acceptors (Lipinski definition) is 24. The first-order chi connectivity index (χ1) is 58.2. The molecule has 0 aliphatic carbocycles. The molecule has 4 unspecified atom stereocenters. The van der Waals surface area contributed by atoms with E-state index in [9.17, 15) is 20.1 Å². The van der Waals surface area contributed by atoms with Gasteiger partial charge in [-0.05, 0) is 138 Å². The molecule has 0 spiro atoms. The molecule has 0 bridgehead atoms. The first kappa shape index (κ1) is 52.6. The molecule has 0 saturated carbocycles. The van der Waals surface area contributed by atoms with E-state index in [4.69, 9.17) is 38.0 Å². The van der Waals surface area contributed by atoms with Gasteiger partial charge in [-0.25, -0.2) is 86.9 Å². The number of ketones is 1. The number of pyridine rings is 1. The molecule has 13 aromatic heterocycles. The van der Waals surface area contributed by atoms with E-state index in [1.165, 1.54) is 88.4 Å². The summed E-state index contributed by atoms with van der Waals surface area (Å²) in [4.78, 5) is 63.2. The van der Waals surface area contributed by atoms with Crippen molar-refractivity contribution >= 4 is 56.4 Å². The molecular formula is C73H96BrN25O5. The Morgan fingerprint density at radius 1 is 0.394 bits per heavy atom. The number of aromatic nitrogens is 25. The molecule has 550 valence electrons. The molecule has 14 aromatic rings. The number of hydrogen-bond donors (Lipinski definition) is 4. The SMILES string of the molecule is [2H]C([2H])([2H])C(C)(C)c1cnn2c(C)cnc2n1.[2H]C([2H])([2H])C(C)(C)c1cnn2c(C)cnc2n1.[2H]C([2H])([2H])C(C)(C)c1cnn2ccnc2n1.[2H]C([2H])([2H])C(C)(O)C(C)=O.[2H]C([2H])([2H])C(C)(O)c1cnn2c(C)cnc2n1.[2H]C([2H])([2H])C(C)(O)c1cnn2c(C)cnc2n1.[2H]C([2H])([2H])C(C)(O)c1cnn2ccnc2n1.[2H]C([2H])([2H])c1ccncc1-c1cc(Br)ccc1C. The van der Waals surface area contributed by atoms with Crippen LogP contribution in [-0.4, -0.2) is 154 Å². The number of aliphatic hydroxyl groups is 4. The third-order valence-electron chi connectivity index (χ3n) is 14.3. The van der Waals surface area contributed by atoms with Crippen molar-refractivity contribution in [3.63, 3.8) is 0 Å². The summed E-state index contributed by atoms with van der Waals surface area (Å²) < 4.78 is 186. The second-order valence-electron chi connectivity index (χ2n) is 25.7. The van der Waals surface area contributed by atoms with Crippen LogP contribution in [0.3, 0.4) is 0 Å². The maximum atomic E-state index is 10.5. The lowest BCUT2D eigenvalue weighted by atomic mass is 9.93. The number of halogens is 1. The lowest BCUT2D eigenvalue weighted by Gasteiger charge is -2.16. The van der Waals surface area contributed by atoms with Crippen LogP contribution in [0.5, 0.6) is 0 Å². The Hall–Kier alpha value is -10.3. The van der Waals surface area contributed by atoms with Crippen molar-refractivity contribution in [2.24, 2.45) is 0 Å². The molecule has 1 aromatic carbocycles. The average molecular weight is 1510 g/mol. The fourth-order valence-electron chi connectivity index (χ4n) is 8.07. The Balaban J connectivity index is 0.000000201. The van der Waals surface area contributed by atoms with Crippen molar-refractivity contribution < 1.29 is 58.1 Å². The fourth-order valence-corrected chi connectivity index (χ4v) is 8.43. The normalized spacial score (nSPS) is 18.2.